The summed E-state index contributed by atoms with van der Waals surface area (Å²) in [4.78, 5) is 16.3. The van der Waals surface area contributed by atoms with Crippen LogP contribution in [0.4, 0.5) is 0 Å². The molecule has 1 heterocycles. The molecular formula is C11H16N2O3S. The van der Waals surface area contributed by atoms with Crippen LogP contribution in [-0.2, 0) is 20.7 Å². The van der Waals surface area contributed by atoms with Crippen LogP contribution < -0.4 is 0 Å². The van der Waals surface area contributed by atoms with Crippen LogP contribution in [-0.4, -0.2) is 29.0 Å². The van der Waals surface area contributed by atoms with Crippen LogP contribution >= 0.6 is 11.8 Å². The highest BCUT2D eigenvalue weighted by atomic mass is 32.2. The Morgan fingerprint density at radius 3 is 2.88 bits per heavy atom. The predicted octanol–water partition coefficient (Wildman–Crippen LogP) is 1.92. The van der Waals surface area contributed by atoms with E-state index in [2.05, 4.69) is 10.1 Å². The van der Waals surface area contributed by atoms with Crippen molar-refractivity contribution in [1.29, 1.82) is 0 Å². The van der Waals surface area contributed by atoms with Gasteiger partial charge in [0.25, 0.3) is 0 Å². The van der Waals surface area contributed by atoms with Gasteiger partial charge in [0.15, 0.2) is 5.82 Å². The number of aromatic nitrogens is 2. The van der Waals surface area contributed by atoms with Crippen molar-refractivity contribution in [2.45, 2.75) is 37.4 Å². The van der Waals surface area contributed by atoms with Crippen molar-refractivity contribution >= 4 is 17.7 Å². The van der Waals surface area contributed by atoms with E-state index in [1.54, 1.807) is 18.7 Å². The topological polar surface area (TPSA) is 65.2 Å². The van der Waals surface area contributed by atoms with Crippen LogP contribution in [0.15, 0.2) is 4.52 Å². The average molecular weight is 256 g/mol. The van der Waals surface area contributed by atoms with Crippen molar-refractivity contribution < 1.29 is 14.1 Å². The summed E-state index contributed by atoms with van der Waals surface area (Å²) in [6, 6.07) is 0. The first-order valence-corrected chi connectivity index (χ1v) is 7.11. The molecule has 1 fully saturated rings. The minimum Gasteiger partial charge on any atom is -0.465 e. The number of ether oxygens (including phenoxy) is 1. The molecule has 1 aromatic heterocycles. The lowest BCUT2D eigenvalue weighted by Gasteiger charge is -2.35. The Labute approximate surface area is 104 Å². The minimum atomic E-state index is -0.667. The van der Waals surface area contributed by atoms with E-state index in [1.165, 1.54) is 0 Å². The van der Waals surface area contributed by atoms with Gasteiger partial charge in [-0.25, -0.2) is 0 Å². The molecule has 0 atom stereocenters. The van der Waals surface area contributed by atoms with Crippen molar-refractivity contribution in [3.63, 3.8) is 0 Å². The molecule has 0 amide bonds. The van der Waals surface area contributed by atoms with E-state index in [-0.39, 0.29) is 5.97 Å². The zero-order chi connectivity index (χ0) is 12.3. The zero-order valence-corrected chi connectivity index (χ0v) is 10.9. The van der Waals surface area contributed by atoms with Gasteiger partial charge in [-0.3, -0.25) is 4.79 Å². The van der Waals surface area contributed by atoms with E-state index in [0.717, 1.165) is 19.3 Å². The zero-order valence-electron chi connectivity index (χ0n) is 10.1. The van der Waals surface area contributed by atoms with E-state index in [0.29, 0.717) is 24.1 Å². The highest BCUT2D eigenvalue weighted by Gasteiger charge is 2.51. The normalized spacial score (nSPS) is 17.5. The number of thioether (sulfide) groups is 1. The second-order valence-corrected chi connectivity index (χ2v) is 4.97. The summed E-state index contributed by atoms with van der Waals surface area (Å²) in [5, 5.41) is 3.88. The first kappa shape index (κ1) is 12.4. The third-order valence-electron chi connectivity index (χ3n) is 3.02. The Morgan fingerprint density at radius 1 is 1.59 bits per heavy atom. The van der Waals surface area contributed by atoms with Crippen molar-refractivity contribution in [3.05, 3.63) is 11.7 Å². The van der Waals surface area contributed by atoms with Crippen molar-refractivity contribution in [2.75, 3.05) is 12.9 Å². The molecule has 1 saturated carbocycles. The van der Waals surface area contributed by atoms with Crippen LogP contribution in [0.5, 0.6) is 0 Å². The Hall–Kier alpha value is -1.04. The van der Waals surface area contributed by atoms with E-state index in [1.807, 2.05) is 6.26 Å². The van der Waals surface area contributed by atoms with Gasteiger partial charge in [0, 0.05) is 0 Å². The maximum Gasteiger partial charge on any atom is 0.321 e. The van der Waals surface area contributed by atoms with Crippen LogP contribution in [0.3, 0.4) is 0 Å². The maximum atomic E-state index is 12.0. The largest absolute Gasteiger partial charge is 0.465 e. The van der Waals surface area contributed by atoms with Gasteiger partial charge in [-0.1, -0.05) is 11.6 Å². The lowest BCUT2D eigenvalue weighted by Crippen LogP contribution is -2.44. The van der Waals surface area contributed by atoms with E-state index in [9.17, 15) is 4.79 Å². The smallest absolute Gasteiger partial charge is 0.321 e. The SMILES string of the molecule is CCOC(=O)C1(c2nc(CSC)no2)CCC1. The molecule has 0 N–H and O–H groups in total. The lowest BCUT2D eigenvalue weighted by atomic mass is 9.68. The molecule has 1 aliphatic carbocycles. The second-order valence-electron chi connectivity index (χ2n) is 4.10. The Bertz CT molecular complexity index is 401. The molecule has 0 spiro atoms. The molecular weight excluding hydrogens is 240 g/mol. The fraction of sp³-hybridized carbons (Fsp3) is 0.727. The van der Waals surface area contributed by atoms with Crippen molar-refractivity contribution in [1.82, 2.24) is 10.1 Å². The van der Waals surface area contributed by atoms with Gasteiger partial charge in [-0.15, -0.1) is 0 Å². The van der Waals surface area contributed by atoms with E-state index >= 15 is 0 Å². The van der Waals surface area contributed by atoms with Crippen LogP contribution in [0, 0.1) is 0 Å². The lowest BCUT2D eigenvalue weighted by molar-refractivity contribution is -0.155. The minimum absolute atomic E-state index is 0.231. The number of hydrogen-bond donors (Lipinski definition) is 0. The third kappa shape index (κ3) is 2.18. The van der Waals surface area contributed by atoms with Gasteiger partial charge in [-0.2, -0.15) is 16.7 Å². The third-order valence-corrected chi connectivity index (χ3v) is 3.57. The molecule has 1 aromatic rings. The first-order valence-electron chi connectivity index (χ1n) is 5.72. The van der Waals surface area contributed by atoms with Crippen molar-refractivity contribution in [2.24, 2.45) is 0 Å². The number of nitrogens with zero attached hydrogens (tertiary/aromatic N) is 2. The molecule has 1 aliphatic rings. The van der Waals surface area contributed by atoms with Crippen LogP contribution in [0.2, 0.25) is 0 Å². The summed E-state index contributed by atoms with van der Waals surface area (Å²) in [7, 11) is 0. The molecule has 5 nitrogen and oxygen atoms in total. The summed E-state index contributed by atoms with van der Waals surface area (Å²) in [6.45, 7) is 2.18. The second kappa shape index (κ2) is 5.08. The van der Waals surface area contributed by atoms with E-state index in [4.69, 9.17) is 9.26 Å². The molecule has 2 rings (SSSR count). The Morgan fingerprint density at radius 2 is 2.35 bits per heavy atom. The molecule has 0 unspecified atom stereocenters. The molecule has 6 heteroatoms. The summed E-state index contributed by atoms with van der Waals surface area (Å²) in [6.07, 6.45) is 4.46. The standard InChI is InChI=1S/C11H16N2O3S/c1-3-15-10(14)11(5-4-6-11)9-12-8(7-17-2)13-16-9/h3-7H2,1-2H3. The number of hydrogen-bond acceptors (Lipinski definition) is 6. The summed E-state index contributed by atoms with van der Waals surface area (Å²) < 4.78 is 10.3. The summed E-state index contributed by atoms with van der Waals surface area (Å²) >= 11 is 1.62. The fourth-order valence-electron chi connectivity index (χ4n) is 1.94. The molecule has 0 aliphatic heterocycles. The van der Waals surface area contributed by atoms with Gasteiger partial charge >= 0.3 is 5.97 Å². The number of esters is 1. The monoisotopic (exact) mass is 256 g/mol. The summed E-state index contributed by atoms with van der Waals surface area (Å²) in [5.74, 6) is 1.53. The fourth-order valence-corrected chi connectivity index (χ4v) is 2.32. The highest BCUT2D eigenvalue weighted by Crippen LogP contribution is 2.44. The summed E-state index contributed by atoms with van der Waals surface area (Å²) in [5.41, 5.74) is -0.667. The number of carbonyl (C=O) groups excluding carboxylic acids is 1. The first-order chi connectivity index (χ1) is 8.23. The molecule has 17 heavy (non-hydrogen) atoms. The van der Waals surface area contributed by atoms with Gasteiger partial charge in [0.2, 0.25) is 5.89 Å². The number of rotatable bonds is 5. The van der Waals surface area contributed by atoms with Crippen LogP contribution in [0.25, 0.3) is 0 Å². The number of carbonyl (C=O) groups is 1. The maximum absolute atomic E-state index is 12.0. The van der Waals surface area contributed by atoms with Gasteiger partial charge in [-0.05, 0) is 26.0 Å². The highest BCUT2D eigenvalue weighted by molar-refractivity contribution is 7.97. The molecule has 0 bridgehead atoms. The van der Waals surface area contributed by atoms with Crippen molar-refractivity contribution in [3.8, 4) is 0 Å². The molecule has 0 radical (unpaired) electrons. The van der Waals surface area contributed by atoms with E-state index < -0.39 is 5.41 Å². The molecule has 0 saturated heterocycles. The van der Waals surface area contributed by atoms with Gasteiger partial charge < -0.3 is 9.26 Å². The van der Waals surface area contributed by atoms with Gasteiger partial charge in [0.1, 0.15) is 5.41 Å². The Kier molecular flexibility index (Phi) is 3.71. The van der Waals surface area contributed by atoms with Gasteiger partial charge in [0.05, 0.1) is 12.4 Å². The Balaban J connectivity index is 2.19. The van der Waals surface area contributed by atoms with Crippen LogP contribution in [0.1, 0.15) is 37.9 Å². The average Bonchev–Trinajstić information content (AvgIpc) is 2.66. The molecule has 0 aromatic carbocycles. The molecule has 94 valence electrons. The quantitative estimate of drug-likeness (QED) is 0.750. The predicted molar refractivity (Wildman–Crippen MR) is 63.7 cm³/mol.